The monoisotopic (exact) mass is 344 g/mol. The number of hydrogen-bond donors (Lipinski definition) is 0. The fourth-order valence-corrected chi connectivity index (χ4v) is 4.22. The van der Waals surface area contributed by atoms with Crippen LogP contribution in [0.2, 0.25) is 0 Å². The van der Waals surface area contributed by atoms with Crippen molar-refractivity contribution in [2.75, 3.05) is 10.7 Å². The van der Waals surface area contributed by atoms with Crippen molar-refractivity contribution in [2.45, 2.75) is 12.6 Å². The van der Waals surface area contributed by atoms with Gasteiger partial charge in [0.25, 0.3) is 6.04 Å². The van der Waals surface area contributed by atoms with E-state index in [1.165, 1.54) is 0 Å². The van der Waals surface area contributed by atoms with E-state index >= 15 is 0 Å². The minimum absolute atomic E-state index is 0.204. The SMILES string of the molecule is O=[N+]([O-])C1CS(=O)(=O)C=C1N(Cc1ccccc1)c1ccccc1. The van der Waals surface area contributed by atoms with Crippen LogP contribution in [0.4, 0.5) is 5.69 Å². The summed E-state index contributed by atoms with van der Waals surface area (Å²) in [5.41, 5.74) is 1.86. The van der Waals surface area contributed by atoms with Crippen LogP contribution in [0.3, 0.4) is 0 Å². The van der Waals surface area contributed by atoms with Crippen LogP contribution in [0.5, 0.6) is 0 Å². The summed E-state index contributed by atoms with van der Waals surface area (Å²) in [5.74, 6) is -0.493. The number of nitro groups is 1. The van der Waals surface area contributed by atoms with Crippen molar-refractivity contribution in [3.63, 3.8) is 0 Å². The zero-order valence-corrected chi connectivity index (χ0v) is 13.6. The van der Waals surface area contributed by atoms with Crippen molar-refractivity contribution in [1.29, 1.82) is 0 Å². The van der Waals surface area contributed by atoms with Gasteiger partial charge in [0.1, 0.15) is 11.4 Å². The maximum absolute atomic E-state index is 11.9. The highest BCUT2D eigenvalue weighted by Crippen LogP contribution is 2.30. The first kappa shape index (κ1) is 16.2. The van der Waals surface area contributed by atoms with Gasteiger partial charge in [-0.05, 0) is 17.7 Å². The van der Waals surface area contributed by atoms with Crippen LogP contribution >= 0.6 is 0 Å². The van der Waals surface area contributed by atoms with E-state index in [-0.39, 0.29) is 5.70 Å². The first-order valence-electron chi connectivity index (χ1n) is 7.41. The lowest BCUT2D eigenvalue weighted by atomic mass is 10.1. The van der Waals surface area contributed by atoms with Gasteiger partial charge in [0.05, 0.1) is 5.41 Å². The molecule has 1 aliphatic heterocycles. The molecule has 6 nitrogen and oxygen atoms in total. The zero-order chi connectivity index (χ0) is 17.2. The van der Waals surface area contributed by atoms with Crippen LogP contribution in [0.1, 0.15) is 5.56 Å². The molecule has 0 amide bonds. The Balaban J connectivity index is 2.06. The molecular weight excluding hydrogens is 328 g/mol. The quantitative estimate of drug-likeness (QED) is 0.615. The minimum Gasteiger partial charge on any atom is -0.334 e. The summed E-state index contributed by atoms with van der Waals surface area (Å²) in [6.45, 7) is 0.358. The van der Waals surface area contributed by atoms with E-state index in [4.69, 9.17) is 0 Å². The number of hydrogen-bond acceptors (Lipinski definition) is 5. The van der Waals surface area contributed by atoms with Gasteiger partial charge < -0.3 is 4.90 Å². The molecule has 1 heterocycles. The molecule has 2 aromatic carbocycles. The van der Waals surface area contributed by atoms with Gasteiger partial charge in [0.2, 0.25) is 0 Å². The molecular formula is C17H16N2O4S. The van der Waals surface area contributed by atoms with Crippen molar-refractivity contribution < 1.29 is 13.3 Å². The van der Waals surface area contributed by atoms with Crippen molar-refractivity contribution in [2.24, 2.45) is 0 Å². The van der Waals surface area contributed by atoms with Crippen LogP contribution in [-0.4, -0.2) is 25.1 Å². The first-order chi connectivity index (χ1) is 11.5. The van der Waals surface area contributed by atoms with Crippen LogP contribution in [0, 0.1) is 10.1 Å². The van der Waals surface area contributed by atoms with Gasteiger partial charge in [0, 0.05) is 17.2 Å². The van der Waals surface area contributed by atoms with Crippen LogP contribution in [0.15, 0.2) is 71.8 Å². The summed E-state index contributed by atoms with van der Waals surface area (Å²) in [5, 5.41) is 12.4. The third-order valence-corrected chi connectivity index (χ3v) is 5.23. The minimum atomic E-state index is -3.58. The van der Waals surface area contributed by atoms with Gasteiger partial charge >= 0.3 is 0 Å². The predicted octanol–water partition coefficient (Wildman–Crippen LogP) is 2.61. The lowest BCUT2D eigenvalue weighted by Gasteiger charge is -2.26. The number of para-hydroxylation sites is 1. The molecule has 7 heteroatoms. The Labute approximate surface area is 140 Å². The molecule has 0 aliphatic carbocycles. The first-order valence-corrected chi connectivity index (χ1v) is 9.12. The highest BCUT2D eigenvalue weighted by Gasteiger charge is 2.41. The Kier molecular flexibility index (Phi) is 4.35. The van der Waals surface area contributed by atoms with Crippen molar-refractivity contribution in [3.05, 3.63) is 87.4 Å². The van der Waals surface area contributed by atoms with Crippen molar-refractivity contribution in [3.8, 4) is 0 Å². The molecule has 0 radical (unpaired) electrons. The summed E-state index contributed by atoms with van der Waals surface area (Å²) >= 11 is 0. The molecule has 24 heavy (non-hydrogen) atoms. The molecule has 0 spiro atoms. The summed E-state index contributed by atoms with van der Waals surface area (Å²) in [4.78, 5) is 12.5. The van der Waals surface area contributed by atoms with Gasteiger partial charge in [-0.25, -0.2) is 8.42 Å². The number of nitrogens with zero attached hydrogens (tertiary/aromatic N) is 2. The number of benzene rings is 2. The number of rotatable bonds is 5. The predicted molar refractivity (Wildman–Crippen MR) is 91.7 cm³/mol. The highest BCUT2D eigenvalue weighted by molar-refractivity contribution is 7.94. The van der Waals surface area contributed by atoms with E-state index in [0.717, 1.165) is 16.7 Å². The third kappa shape index (κ3) is 3.46. The molecule has 2 aromatic rings. The lowest BCUT2D eigenvalue weighted by Crippen LogP contribution is -2.34. The van der Waals surface area contributed by atoms with E-state index in [1.54, 1.807) is 4.90 Å². The summed E-state index contributed by atoms with van der Waals surface area (Å²) in [6, 6.07) is 17.3. The van der Waals surface area contributed by atoms with Crippen molar-refractivity contribution >= 4 is 15.5 Å². The molecule has 3 rings (SSSR count). The second-order valence-electron chi connectivity index (χ2n) is 5.58. The van der Waals surface area contributed by atoms with E-state index in [1.807, 2.05) is 60.7 Å². The zero-order valence-electron chi connectivity index (χ0n) is 12.8. The number of sulfone groups is 1. The van der Waals surface area contributed by atoms with Crippen LogP contribution in [0.25, 0.3) is 0 Å². The standard InChI is InChI=1S/C17H16N2O4S/c20-19(21)17-13-24(22,23)12-16(17)18(15-9-5-2-6-10-15)11-14-7-3-1-4-8-14/h1-10,12,17H,11,13H2. The second-order valence-corrected chi connectivity index (χ2v) is 7.48. The Morgan fingerprint density at radius 1 is 1.04 bits per heavy atom. The van der Waals surface area contributed by atoms with Crippen LogP contribution < -0.4 is 4.90 Å². The average molecular weight is 344 g/mol. The third-order valence-electron chi connectivity index (χ3n) is 3.85. The van der Waals surface area contributed by atoms with Crippen molar-refractivity contribution in [1.82, 2.24) is 0 Å². The number of anilines is 1. The Morgan fingerprint density at radius 3 is 2.21 bits per heavy atom. The molecule has 1 atom stereocenters. The van der Waals surface area contributed by atoms with Gasteiger partial charge in [-0.3, -0.25) is 10.1 Å². The van der Waals surface area contributed by atoms with E-state index in [2.05, 4.69) is 0 Å². The molecule has 0 fully saturated rings. The summed E-state index contributed by atoms with van der Waals surface area (Å²) in [6.07, 6.45) is 0. The molecule has 0 bridgehead atoms. The Hall–Kier alpha value is -2.67. The van der Waals surface area contributed by atoms with E-state index in [0.29, 0.717) is 6.54 Å². The summed E-state index contributed by atoms with van der Waals surface area (Å²) < 4.78 is 23.9. The van der Waals surface area contributed by atoms with Gasteiger partial charge in [-0.1, -0.05) is 48.5 Å². The Morgan fingerprint density at radius 2 is 1.62 bits per heavy atom. The molecule has 0 saturated carbocycles. The largest absolute Gasteiger partial charge is 0.334 e. The fraction of sp³-hybridized carbons (Fsp3) is 0.176. The molecule has 0 aromatic heterocycles. The summed E-state index contributed by atoms with van der Waals surface area (Å²) in [7, 11) is -3.58. The molecule has 0 saturated heterocycles. The maximum atomic E-state index is 11.9. The highest BCUT2D eigenvalue weighted by atomic mass is 32.2. The Bertz CT molecular complexity index is 864. The average Bonchev–Trinajstić information content (AvgIpc) is 2.90. The maximum Gasteiger partial charge on any atom is 0.267 e. The fourth-order valence-electron chi connectivity index (χ4n) is 2.73. The smallest absolute Gasteiger partial charge is 0.267 e. The van der Waals surface area contributed by atoms with E-state index in [9.17, 15) is 18.5 Å². The van der Waals surface area contributed by atoms with Gasteiger partial charge in [0.15, 0.2) is 9.84 Å². The van der Waals surface area contributed by atoms with Gasteiger partial charge in [-0.15, -0.1) is 0 Å². The van der Waals surface area contributed by atoms with E-state index < -0.39 is 26.6 Å². The molecule has 124 valence electrons. The molecule has 0 N–H and O–H groups in total. The lowest BCUT2D eigenvalue weighted by molar-refractivity contribution is -0.506. The van der Waals surface area contributed by atoms with Crippen LogP contribution in [-0.2, 0) is 16.4 Å². The molecule has 1 unspecified atom stereocenters. The normalized spacial score (nSPS) is 18.8. The second kappa shape index (κ2) is 6.45. The molecule has 1 aliphatic rings. The topological polar surface area (TPSA) is 80.5 Å². The van der Waals surface area contributed by atoms with Gasteiger partial charge in [-0.2, -0.15) is 0 Å².